The number of allylic oxidation sites excluding steroid dienone is 1. The summed E-state index contributed by atoms with van der Waals surface area (Å²) < 4.78 is 36.7. The van der Waals surface area contributed by atoms with Crippen LogP contribution in [0, 0.1) is 0 Å². The highest BCUT2D eigenvalue weighted by atomic mass is 32.3. The monoisotopic (exact) mass is 676 g/mol. The molecule has 2 fully saturated rings. The van der Waals surface area contributed by atoms with E-state index in [0.29, 0.717) is 10.6 Å². The fraction of sp³-hybridized carbons (Fsp3) is 0.314. The number of likely N-dealkylation sites (tertiary alicyclic amines) is 1. The Kier molecular flexibility index (Phi) is 10.9. The van der Waals surface area contributed by atoms with Gasteiger partial charge in [0.15, 0.2) is 0 Å². The zero-order valence-corrected chi connectivity index (χ0v) is 28.5. The first-order valence-corrected chi connectivity index (χ1v) is 18.8. The predicted octanol–water partition coefficient (Wildman–Crippen LogP) is 3.54. The highest BCUT2D eigenvalue weighted by Crippen LogP contribution is 2.56. The maximum Gasteiger partial charge on any atom is 0.346 e. The Hall–Kier alpha value is -3.86. The average Bonchev–Trinajstić information content (AvgIpc) is 3.30. The molecule has 6 rings (SSSR count). The largest absolute Gasteiger partial charge is 0.724 e. The number of nitrogens with zero attached hydrogens (tertiary/aromatic N) is 3. The molecule has 3 amide bonds. The van der Waals surface area contributed by atoms with Crippen LogP contribution in [-0.4, -0.2) is 84.6 Å². The van der Waals surface area contributed by atoms with Crippen molar-refractivity contribution in [3.63, 3.8) is 0 Å². The summed E-state index contributed by atoms with van der Waals surface area (Å²) in [6, 6.07) is 30.3. The second-order valence-electron chi connectivity index (χ2n) is 11.9. The second-order valence-corrected chi connectivity index (χ2v) is 16.2. The lowest BCUT2D eigenvalue weighted by Gasteiger charge is -2.33. The van der Waals surface area contributed by atoms with Crippen LogP contribution in [0.1, 0.15) is 26.7 Å². The molecule has 3 aromatic carbocycles. The fourth-order valence-electron chi connectivity index (χ4n) is 6.48. The maximum atomic E-state index is 12.7. The van der Waals surface area contributed by atoms with Crippen LogP contribution < -0.4 is 21.2 Å². The first kappa shape index (κ1) is 34.5. The SMILES string of the molecule is C/C=C/[P+](c1ccccc1)(c1ccccc1)c1ccccc1.CC1=C[C@@H]2CN(C(=O)N2OS(=O)(=O)[O-])[C@@H]1C(=O)NC1CCN(C)CC1. The highest BCUT2D eigenvalue weighted by molar-refractivity contribution is 7.98. The van der Waals surface area contributed by atoms with E-state index in [9.17, 15) is 22.6 Å². The maximum absolute atomic E-state index is 12.7. The summed E-state index contributed by atoms with van der Waals surface area (Å²) in [4.78, 5) is 28.5. The lowest BCUT2D eigenvalue weighted by Crippen LogP contribution is -2.53. The molecule has 10 nitrogen and oxygen atoms in total. The van der Waals surface area contributed by atoms with E-state index in [0.717, 1.165) is 25.9 Å². The van der Waals surface area contributed by atoms with Crippen molar-refractivity contribution in [1.29, 1.82) is 0 Å². The quantitative estimate of drug-likeness (QED) is 0.168. The van der Waals surface area contributed by atoms with Gasteiger partial charge in [0.1, 0.15) is 29.2 Å². The number of benzene rings is 3. The molecule has 2 bridgehead atoms. The van der Waals surface area contributed by atoms with Gasteiger partial charge in [0, 0.05) is 6.04 Å². The molecule has 3 aliphatic rings. The number of amides is 3. The number of hydrogen-bond donors (Lipinski definition) is 1. The van der Waals surface area contributed by atoms with Crippen molar-refractivity contribution in [2.24, 2.45) is 0 Å². The van der Waals surface area contributed by atoms with E-state index >= 15 is 0 Å². The van der Waals surface area contributed by atoms with E-state index in [-0.39, 0.29) is 18.5 Å². The van der Waals surface area contributed by atoms with Crippen molar-refractivity contribution < 1.29 is 26.8 Å². The third kappa shape index (κ3) is 7.83. The highest BCUT2D eigenvalue weighted by Gasteiger charge is 2.48. The minimum atomic E-state index is -5.07. The van der Waals surface area contributed by atoms with Crippen molar-refractivity contribution in [3.8, 4) is 0 Å². The van der Waals surface area contributed by atoms with E-state index in [1.165, 1.54) is 20.8 Å². The van der Waals surface area contributed by atoms with Gasteiger partial charge >= 0.3 is 6.03 Å². The van der Waals surface area contributed by atoms with Crippen LogP contribution in [0.5, 0.6) is 0 Å². The number of carbonyl (C=O) groups is 2. The Balaban J connectivity index is 0.000000186. The summed E-state index contributed by atoms with van der Waals surface area (Å²) in [7, 11) is -4.78. The van der Waals surface area contributed by atoms with Gasteiger partial charge in [-0.2, -0.15) is 9.35 Å². The molecular weight excluding hydrogens is 635 g/mol. The molecule has 1 N–H and O–H groups in total. The van der Waals surface area contributed by atoms with Crippen molar-refractivity contribution >= 4 is 45.5 Å². The molecule has 0 unspecified atom stereocenters. The van der Waals surface area contributed by atoms with Gasteiger partial charge in [0.05, 0.1) is 18.4 Å². The van der Waals surface area contributed by atoms with Crippen molar-refractivity contribution in [2.75, 3.05) is 26.7 Å². The second kappa shape index (κ2) is 14.9. The Morgan fingerprint density at radius 3 is 1.85 bits per heavy atom. The Bertz CT molecular complexity index is 1600. The van der Waals surface area contributed by atoms with Crippen LogP contribution in [0.2, 0.25) is 0 Å². The van der Waals surface area contributed by atoms with Gasteiger partial charge < -0.3 is 19.7 Å². The molecule has 0 aromatic heterocycles. The zero-order valence-electron chi connectivity index (χ0n) is 26.8. The molecule has 3 aliphatic heterocycles. The van der Waals surface area contributed by atoms with Crippen LogP contribution in [0.15, 0.2) is 115 Å². The fourth-order valence-corrected chi connectivity index (χ4v) is 10.6. The third-order valence-corrected chi connectivity index (χ3v) is 13.1. The topological polar surface area (TPSA) is 122 Å². The van der Waals surface area contributed by atoms with Gasteiger partial charge in [-0.1, -0.05) is 66.7 Å². The molecular formula is C35H41N4O6PS. The summed E-state index contributed by atoms with van der Waals surface area (Å²) in [6.45, 7) is 5.68. The molecule has 3 heterocycles. The Labute approximate surface area is 278 Å². The molecule has 248 valence electrons. The number of urea groups is 1. The van der Waals surface area contributed by atoms with E-state index in [1.54, 1.807) is 13.0 Å². The van der Waals surface area contributed by atoms with Crippen LogP contribution in [0.3, 0.4) is 0 Å². The van der Waals surface area contributed by atoms with Crippen molar-refractivity contribution in [2.45, 2.75) is 44.8 Å². The molecule has 3 aromatic rings. The van der Waals surface area contributed by atoms with Gasteiger partial charge in [-0.3, -0.25) is 4.79 Å². The lowest BCUT2D eigenvalue weighted by atomic mass is 9.98. The Morgan fingerprint density at radius 2 is 1.40 bits per heavy atom. The van der Waals surface area contributed by atoms with E-state index in [1.807, 2.05) is 7.05 Å². The lowest BCUT2D eigenvalue weighted by molar-refractivity contribution is -0.125. The van der Waals surface area contributed by atoms with E-state index < -0.39 is 35.8 Å². The third-order valence-electron chi connectivity index (χ3n) is 8.67. The minimum Gasteiger partial charge on any atom is -0.724 e. The molecule has 0 aliphatic carbocycles. The number of hydroxylamine groups is 2. The minimum absolute atomic E-state index is 0.0429. The number of piperidine rings is 1. The molecule has 12 heteroatoms. The number of fused-ring (bicyclic) bond motifs is 2. The smallest absolute Gasteiger partial charge is 0.346 e. The van der Waals surface area contributed by atoms with Gasteiger partial charge in [-0.25, -0.2) is 13.2 Å². The summed E-state index contributed by atoms with van der Waals surface area (Å²) >= 11 is 0. The van der Waals surface area contributed by atoms with Gasteiger partial charge in [0.25, 0.3) is 0 Å². The number of hydrogen-bond acceptors (Lipinski definition) is 7. The summed E-state index contributed by atoms with van der Waals surface area (Å²) in [6.07, 6.45) is 5.45. The molecule has 0 spiro atoms. The van der Waals surface area contributed by atoms with Crippen molar-refractivity contribution in [3.05, 3.63) is 115 Å². The number of nitrogens with one attached hydrogen (secondary N) is 1. The number of carbonyl (C=O) groups excluding carboxylic acids is 2. The van der Waals surface area contributed by atoms with Crippen LogP contribution >= 0.6 is 7.26 Å². The van der Waals surface area contributed by atoms with Gasteiger partial charge in [0.2, 0.25) is 16.3 Å². The van der Waals surface area contributed by atoms with Crippen molar-refractivity contribution in [1.82, 2.24) is 20.2 Å². The molecule has 2 atom stereocenters. The molecule has 0 radical (unpaired) electrons. The summed E-state index contributed by atoms with van der Waals surface area (Å²) in [5.41, 5.74) is 0.615. The van der Waals surface area contributed by atoms with E-state index in [4.69, 9.17) is 0 Å². The van der Waals surface area contributed by atoms with Crippen LogP contribution in [0.25, 0.3) is 0 Å². The summed E-state index contributed by atoms with van der Waals surface area (Å²) in [5, 5.41) is 7.67. The van der Waals surface area contributed by atoms with Crippen LogP contribution in [0.4, 0.5) is 4.79 Å². The average molecular weight is 677 g/mol. The summed E-state index contributed by atoms with van der Waals surface area (Å²) in [5.74, 6) is 2.11. The zero-order chi connectivity index (χ0) is 33.6. The predicted molar refractivity (Wildman–Crippen MR) is 185 cm³/mol. The molecule has 2 saturated heterocycles. The van der Waals surface area contributed by atoms with Crippen LogP contribution in [-0.2, 0) is 19.5 Å². The first-order chi connectivity index (χ1) is 22.5. The number of rotatable bonds is 8. The first-order valence-electron chi connectivity index (χ1n) is 15.7. The molecule has 47 heavy (non-hydrogen) atoms. The Morgan fingerprint density at radius 1 is 0.915 bits per heavy atom. The van der Waals surface area contributed by atoms with Gasteiger partial charge in [-0.05, 0) is 88.8 Å². The normalized spacial score (nSPS) is 20.5. The molecule has 0 saturated carbocycles. The van der Waals surface area contributed by atoms with E-state index in [2.05, 4.69) is 124 Å². The standard InChI is InChI=1S/C21H20P.C14H22N4O6S/c1-2-18-22(19-12-6-3-7-13-19,20-14-8-4-9-15-20)21-16-10-5-11-17-21;1-9-7-11-8-17(14(20)18(11)24-25(21,22)23)12(9)13(19)15-10-3-5-16(2)6-4-10/h2-18H,1H3;7,10-12H,3-6,8H2,1-2H3,(H,15,19)(H,21,22,23)/q+1;/p-1/b18-2+;/t;11-,12+/m.1/s1. The van der Waals surface area contributed by atoms with Gasteiger partial charge in [-0.15, -0.1) is 0 Å².